The summed E-state index contributed by atoms with van der Waals surface area (Å²) in [5.74, 6) is 1.22. The van der Waals surface area contributed by atoms with Crippen LogP contribution in [-0.4, -0.2) is 13.7 Å². The van der Waals surface area contributed by atoms with Gasteiger partial charge in [0, 0.05) is 5.92 Å². The van der Waals surface area contributed by atoms with Crippen molar-refractivity contribution >= 4 is 0 Å². The molecular weight excluding hydrogens is 246 g/mol. The van der Waals surface area contributed by atoms with E-state index in [-0.39, 0.29) is 0 Å². The molecule has 106 valence electrons. The summed E-state index contributed by atoms with van der Waals surface area (Å²) in [6.07, 6.45) is 0.940. The molecule has 0 heterocycles. The van der Waals surface area contributed by atoms with Crippen LogP contribution in [0.4, 0.5) is 0 Å². The molecular formula is C18H23NO. The Labute approximate surface area is 121 Å². The maximum absolute atomic E-state index is 5.81. The van der Waals surface area contributed by atoms with Crippen molar-refractivity contribution in [1.82, 2.24) is 0 Å². The molecule has 1 unspecified atom stereocenters. The topological polar surface area (TPSA) is 35.2 Å². The number of hydrogen-bond donors (Lipinski definition) is 1. The lowest BCUT2D eigenvalue weighted by Crippen LogP contribution is -2.09. The molecule has 0 bridgehead atoms. The zero-order valence-electron chi connectivity index (χ0n) is 12.5. The summed E-state index contributed by atoms with van der Waals surface area (Å²) < 4.78 is 5.33. The fourth-order valence-corrected chi connectivity index (χ4v) is 2.53. The highest BCUT2D eigenvalue weighted by molar-refractivity contribution is 5.40. The smallest absolute Gasteiger partial charge is 0.119 e. The molecule has 0 saturated carbocycles. The molecule has 2 rings (SSSR count). The number of aryl methyl sites for hydroxylation is 2. The number of benzene rings is 2. The molecule has 0 aliphatic heterocycles. The Morgan fingerprint density at radius 3 is 2.40 bits per heavy atom. The molecule has 0 radical (unpaired) electrons. The van der Waals surface area contributed by atoms with Gasteiger partial charge in [0.15, 0.2) is 0 Å². The van der Waals surface area contributed by atoms with Gasteiger partial charge in [-0.3, -0.25) is 0 Å². The lowest BCUT2D eigenvalue weighted by molar-refractivity contribution is 0.414. The molecule has 0 aliphatic rings. The highest BCUT2D eigenvalue weighted by atomic mass is 16.5. The van der Waals surface area contributed by atoms with E-state index < -0.39 is 0 Å². The van der Waals surface area contributed by atoms with Gasteiger partial charge in [-0.05, 0) is 61.2 Å². The van der Waals surface area contributed by atoms with E-state index in [1.165, 1.54) is 22.3 Å². The number of nitrogens with two attached hydrogens (primary N) is 1. The van der Waals surface area contributed by atoms with Gasteiger partial charge < -0.3 is 10.5 Å². The van der Waals surface area contributed by atoms with Gasteiger partial charge in [-0.2, -0.15) is 0 Å². The van der Waals surface area contributed by atoms with E-state index in [2.05, 4.69) is 44.2 Å². The first-order chi connectivity index (χ1) is 9.65. The minimum absolute atomic E-state index is 0.328. The molecule has 0 saturated heterocycles. The van der Waals surface area contributed by atoms with Crippen LogP contribution in [0.15, 0.2) is 42.5 Å². The Balaban J connectivity index is 2.41. The predicted molar refractivity (Wildman–Crippen MR) is 84.4 cm³/mol. The third-order valence-electron chi connectivity index (χ3n) is 3.88. The van der Waals surface area contributed by atoms with Crippen LogP contribution in [0.2, 0.25) is 0 Å². The molecule has 0 aromatic heterocycles. The van der Waals surface area contributed by atoms with Crippen LogP contribution >= 0.6 is 0 Å². The number of methoxy groups -OCH3 is 1. The van der Waals surface area contributed by atoms with Gasteiger partial charge in [0.1, 0.15) is 5.75 Å². The van der Waals surface area contributed by atoms with E-state index >= 15 is 0 Å². The second-order valence-corrected chi connectivity index (χ2v) is 5.25. The first-order valence-electron chi connectivity index (χ1n) is 7.07. The SMILES string of the molecule is COc1cccc(C(CCN)c2ccc(C)c(C)c2)c1. The van der Waals surface area contributed by atoms with Crippen LogP contribution in [0.5, 0.6) is 5.75 Å². The maximum atomic E-state index is 5.81. The lowest BCUT2D eigenvalue weighted by Gasteiger charge is -2.19. The number of hydrogen-bond acceptors (Lipinski definition) is 2. The maximum Gasteiger partial charge on any atom is 0.119 e. The monoisotopic (exact) mass is 269 g/mol. The van der Waals surface area contributed by atoms with Gasteiger partial charge >= 0.3 is 0 Å². The number of ether oxygens (including phenoxy) is 1. The van der Waals surface area contributed by atoms with Crippen LogP contribution in [0, 0.1) is 13.8 Å². The largest absolute Gasteiger partial charge is 0.497 e. The first kappa shape index (κ1) is 14.6. The quantitative estimate of drug-likeness (QED) is 0.896. The molecule has 0 aliphatic carbocycles. The van der Waals surface area contributed by atoms with Gasteiger partial charge in [-0.15, -0.1) is 0 Å². The van der Waals surface area contributed by atoms with Gasteiger partial charge in [-0.25, -0.2) is 0 Å². The summed E-state index contributed by atoms with van der Waals surface area (Å²) in [6.45, 7) is 4.97. The fraction of sp³-hybridized carbons (Fsp3) is 0.333. The van der Waals surface area contributed by atoms with Crippen LogP contribution in [0.25, 0.3) is 0 Å². The van der Waals surface area contributed by atoms with Crippen molar-refractivity contribution in [3.05, 3.63) is 64.7 Å². The second kappa shape index (κ2) is 6.58. The fourth-order valence-electron chi connectivity index (χ4n) is 2.53. The van der Waals surface area contributed by atoms with Gasteiger partial charge in [0.25, 0.3) is 0 Å². The lowest BCUT2D eigenvalue weighted by atomic mass is 9.87. The minimum Gasteiger partial charge on any atom is -0.497 e. The average molecular weight is 269 g/mol. The Hall–Kier alpha value is -1.80. The van der Waals surface area contributed by atoms with Crippen molar-refractivity contribution in [3.8, 4) is 5.75 Å². The van der Waals surface area contributed by atoms with E-state index in [1.807, 2.05) is 12.1 Å². The van der Waals surface area contributed by atoms with Crippen molar-refractivity contribution < 1.29 is 4.74 Å². The van der Waals surface area contributed by atoms with E-state index in [0.29, 0.717) is 12.5 Å². The van der Waals surface area contributed by atoms with Gasteiger partial charge in [-0.1, -0.05) is 30.3 Å². The predicted octanol–water partition coefficient (Wildman–Crippen LogP) is 3.79. The van der Waals surface area contributed by atoms with Crippen molar-refractivity contribution in [3.63, 3.8) is 0 Å². The third-order valence-corrected chi connectivity index (χ3v) is 3.88. The second-order valence-electron chi connectivity index (χ2n) is 5.25. The Morgan fingerprint density at radius 2 is 1.75 bits per heavy atom. The first-order valence-corrected chi connectivity index (χ1v) is 7.07. The Morgan fingerprint density at radius 1 is 1.00 bits per heavy atom. The molecule has 0 spiro atoms. The van der Waals surface area contributed by atoms with Crippen molar-refractivity contribution in [2.75, 3.05) is 13.7 Å². The van der Waals surface area contributed by atoms with Crippen LogP contribution in [-0.2, 0) is 0 Å². The molecule has 2 heteroatoms. The molecule has 2 N–H and O–H groups in total. The van der Waals surface area contributed by atoms with E-state index in [0.717, 1.165) is 12.2 Å². The van der Waals surface area contributed by atoms with Crippen LogP contribution in [0.1, 0.15) is 34.6 Å². The summed E-state index contributed by atoms with van der Waals surface area (Å²) in [6, 6.07) is 14.9. The zero-order chi connectivity index (χ0) is 14.5. The van der Waals surface area contributed by atoms with Crippen molar-refractivity contribution in [2.24, 2.45) is 5.73 Å². The third kappa shape index (κ3) is 3.20. The number of rotatable bonds is 5. The van der Waals surface area contributed by atoms with E-state index in [9.17, 15) is 0 Å². The van der Waals surface area contributed by atoms with Crippen molar-refractivity contribution in [2.45, 2.75) is 26.2 Å². The molecule has 2 nitrogen and oxygen atoms in total. The molecule has 1 atom stereocenters. The summed E-state index contributed by atoms with van der Waals surface area (Å²) >= 11 is 0. The molecule has 0 fully saturated rings. The molecule has 2 aromatic rings. The summed E-state index contributed by atoms with van der Waals surface area (Å²) in [5.41, 5.74) is 11.1. The van der Waals surface area contributed by atoms with Gasteiger partial charge in [0.05, 0.1) is 7.11 Å². The molecule has 20 heavy (non-hydrogen) atoms. The zero-order valence-corrected chi connectivity index (χ0v) is 12.5. The summed E-state index contributed by atoms with van der Waals surface area (Å²) in [5, 5.41) is 0. The summed E-state index contributed by atoms with van der Waals surface area (Å²) in [7, 11) is 1.70. The van der Waals surface area contributed by atoms with E-state index in [4.69, 9.17) is 10.5 Å². The average Bonchev–Trinajstić information content (AvgIpc) is 2.48. The highest BCUT2D eigenvalue weighted by Gasteiger charge is 2.14. The molecule has 0 amide bonds. The minimum atomic E-state index is 0.328. The standard InChI is InChI=1S/C18H23NO/c1-13-7-8-16(11-14(13)2)18(9-10-19)15-5-4-6-17(12-15)20-3/h4-8,11-12,18H,9-10,19H2,1-3H3. The molecule has 2 aromatic carbocycles. The van der Waals surface area contributed by atoms with Crippen LogP contribution < -0.4 is 10.5 Å². The Bertz CT molecular complexity index is 577. The van der Waals surface area contributed by atoms with Crippen molar-refractivity contribution in [1.29, 1.82) is 0 Å². The summed E-state index contributed by atoms with van der Waals surface area (Å²) in [4.78, 5) is 0. The van der Waals surface area contributed by atoms with E-state index in [1.54, 1.807) is 7.11 Å². The van der Waals surface area contributed by atoms with Crippen LogP contribution in [0.3, 0.4) is 0 Å². The van der Waals surface area contributed by atoms with Gasteiger partial charge in [0.2, 0.25) is 0 Å². The normalized spacial score (nSPS) is 12.2. The highest BCUT2D eigenvalue weighted by Crippen LogP contribution is 2.30. The Kier molecular flexibility index (Phi) is 4.80.